The van der Waals surface area contributed by atoms with E-state index in [9.17, 15) is 12.8 Å². The molecule has 0 aliphatic rings. The van der Waals surface area contributed by atoms with Gasteiger partial charge in [0.25, 0.3) is 0 Å². The lowest BCUT2D eigenvalue weighted by Crippen LogP contribution is -2.49. The summed E-state index contributed by atoms with van der Waals surface area (Å²) in [5, 5.41) is 0. The first kappa shape index (κ1) is 18.7. The van der Waals surface area contributed by atoms with Crippen LogP contribution in [-0.4, -0.2) is 34.7 Å². The zero-order valence-electron chi connectivity index (χ0n) is 13.3. The van der Waals surface area contributed by atoms with Gasteiger partial charge < -0.3 is 15.2 Å². The Bertz CT molecular complexity index is 616. The summed E-state index contributed by atoms with van der Waals surface area (Å²) in [7, 11) is -1.35. The Balaban J connectivity index is 3.13. The highest BCUT2D eigenvalue weighted by atomic mass is 32.2. The fourth-order valence-electron chi connectivity index (χ4n) is 1.86. The van der Waals surface area contributed by atoms with Crippen LogP contribution in [-0.2, 0) is 10.0 Å². The summed E-state index contributed by atoms with van der Waals surface area (Å²) >= 11 is 0. The Kier molecular flexibility index (Phi) is 6.16. The Hall–Kier alpha value is -1.38. The summed E-state index contributed by atoms with van der Waals surface area (Å²) in [6.07, 6.45) is 1.20. The number of benzene rings is 1. The minimum Gasteiger partial charge on any atom is -0.493 e. The molecule has 1 aromatic carbocycles. The first-order valence-electron chi connectivity index (χ1n) is 6.93. The summed E-state index contributed by atoms with van der Waals surface area (Å²) in [6, 6.07) is 2.06. The van der Waals surface area contributed by atoms with Gasteiger partial charge in [-0.2, -0.15) is 0 Å². The minimum atomic E-state index is -4.04. The molecular weight excluding hydrogens is 311 g/mol. The van der Waals surface area contributed by atoms with Gasteiger partial charge in [0.2, 0.25) is 10.0 Å². The van der Waals surface area contributed by atoms with Gasteiger partial charge in [0.15, 0.2) is 11.5 Å². The lowest BCUT2D eigenvalue weighted by Gasteiger charge is -2.26. The first-order chi connectivity index (χ1) is 10.2. The van der Waals surface area contributed by atoms with Crippen molar-refractivity contribution >= 4 is 10.0 Å². The van der Waals surface area contributed by atoms with E-state index in [1.165, 1.54) is 14.2 Å². The van der Waals surface area contributed by atoms with E-state index in [4.69, 9.17) is 15.2 Å². The number of halogens is 1. The lowest BCUT2D eigenvalue weighted by molar-refractivity contribution is 0.350. The third-order valence-electron chi connectivity index (χ3n) is 3.75. The molecule has 0 aromatic heterocycles. The maximum Gasteiger partial charge on any atom is 0.243 e. The third kappa shape index (κ3) is 4.08. The van der Waals surface area contributed by atoms with Crippen molar-refractivity contribution in [2.24, 2.45) is 5.73 Å². The number of hydrogen-bond acceptors (Lipinski definition) is 5. The van der Waals surface area contributed by atoms with Crippen LogP contribution in [0.1, 0.15) is 26.7 Å². The summed E-state index contributed by atoms with van der Waals surface area (Å²) in [6.45, 7) is 3.76. The van der Waals surface area contributed by atoms with Crippen molar-refractivity contribution < 1.29 is 22.3 Å². The van der Waals surface area contributed by atoms with E-state index in [1.54, 1.807) is 0 Å². The zero-order valence-corrected chi connectivity index (χ0v) is 14.1. The number of hydrogen-bond donors (Lipinski definition) is 2. The number of sulfonamides is 1. The summed E-state index contributed by atoms with van der Waals surface area (Å²) in [4.78, 5) is -0.500. The Morgan fingerprint density at radius 3 is 2.14 bits per heavy atom. The Morgan fingerprint density at radius 1 is 1.18 bits per heavy atom. The fraction of sp³-hybridized carbons (Fsp3) is 0.571. The second-order valence-electron chi connectivity index (χ2n) is 5.03. The van der Waals surface area contributed by atoms with Gasteiger partial charge in [0.05, 0.1) is 14.2 Å². The van der Waals surface area contributed by atoms with Crippen LogP contribution in [0.3, 0.4) is 0 Å². The highest BCUT2D eigenvalue weighted by Crippen LogP contribution is 2.31. The van der Waals surface area contributed by atoms with Gasteiger partial charge in [-0.05, 0) is 12.8 Å². The number of nitrogens with one attached hydrogen (secondary N) is 1. The van der Waals surface area contributed by atoms with Crippen LogP contribution in [0.5, 0.6) is 11.5 Å². The molecule has 1 rings (SSSR count). The van der Waals surface area contributed by atoms with Crippen LogP contribution < -0.4 is 19.9 Å². The van der Waals surface area contributed by atoms with Gasteiger partial charge in [-0.15, -0.1) is 0 Å². The van der Waals surface area contributed by atoms with E-state index in [2.05, 4.69) is 4.72 Å². The standard InChI is InChI=1S/C14H23FN2O4S/c1-5-14(16,6-2)9-17-22(18,19)13-8-12(21-4)11(20-3)7-10(13)15/h7-8,17H,5-6,9,16H2,1-4H3. The number of ether oxygens (including phenoxy) is 2. The monoisotopic (exact) mass is 334 g/mol. The maximum atomic E-state index is 14.0. The SMILES string of the molecule is CCC(N)(CC)CNS(=O)(=O)c1cc(OC)c(OC)cc1F. The van der Waals surface area contributed by atoms with Gasteiger partial charge in [-0.3, -0.25) is 0 Å². The molecule has 0 atom stereocenters. The van der Waals surface area contributed by atoms with Crippen LogP contribution in [0.2, 0.25) is 0 Å². The average Bonchev–Trinajstić information content (AvgIpc) is 2.52. The Morgan fingerprint density at radius 2 is 1.68 bits per heavy atom. The molecule has 0 heterocycles. The van der Waals surface area contributed by atoms with Crippen LogP contribution in [0.15, 0.2) is 17.0 Å². The number of methoxy groups -OCH3 is 2. The van der Waals surface area contributed by atoms with E-state index in [1.807, 2.05) is 13.8 Å². The van der Waals surface area contributed by atoms with E-state index < -0.39 is 26.3 Å². The zero-order chi connectivity index (χ0) is 17.0. The molecule has 8 heteroatoms. The predicted molar refractivity (Wildman–Crippen MR) is 82.2 cm³/mol. The van der Waals surface area contributed by atoms with Crippen molar-refractivity contribution in [1.82, 2.24) is 4.72 Å². The summed E-state index contributed by atoms with van der Waals surface area (Å²) < 4.78 is 50.9. The molecule has 0 radical (unpaired) electrons. The van der Waals surface area contributed by atoms with Gasteiger partial charge >= 0.3 is 0 Å². The topological polar surface area (TPSA) is 90.7 Å². The van der Waals surface area contributed by atoms with Crippen molar-refractivity contribution in [3.05, 3.63) is 17.9 Å². The minimum absolute atomic E-state index is 0.0239. The molecule has 126 valence electrons. The molecule has 6 nitrogen and oxygen atoms in total. The molecule has 0 aliphatic carbocycles. The van der Waals surface area contributed by atoms with Crippen molar-refractivity contribution in [3.63, 3.8) is 0 Å². The summed E-state index contributed by atoms with van der Waals surface area (Å²) in [5.74, 6) is -0.663. The molecule has 0 spiro atoms. The molecular formula is C14H23FN2O4S. The number of nitrogens with two attached hydrogens (primary N) is 1. The van der Waals surface area contributed by atoms with E-state index in [-0.39, 0.29) is 18.0 Å². The van der Waals surface area contributed by atoms with E-state index in [0.717, 1.165) is 12.1 Å². The van der Waals surface area contributed by atoms with Crippen molar-refractivity contribution in [2.75, 3.05) is 20.8 Å². The smallest absolute Gasteiger partial charge is 0.243 e. The molecule has 3 N–H and O–H groups in total. The van der Waals surface area contributed by atoms with Crippen molar-refractivity contribution in [2.45, 2.75) is 37.1 Å². The molecule has 0 saturated carbocycles. The van der Waals surface area contributed by atoms with Crippen LogP contribution in [0.4, 0.5) is 4.39 Å². The Labute approximate surface area is 130 Å². The summed E-state index contributed by atoms with van der Waals surface area (Å²) in [5.41, 5.74) is 5.39. The number of rotatable bonds is 8. The van der Waals surface area contributed by atoms with Gasteiger partial charge in [-0.25, -0.2) is 17.5 Å². The van der Waals surface area contributed by atoms with Gasteiger partial charge in [0, 0.05) is 24.2 Å². The van der Waals surface area contributed by atoms with Crippen LogP contribution >= 0.6 is 0 Å². The molecule has 0 amide bonds. The molecule has 22 heavy (non-hydrogen) atoms. The maximum absolute atomic E-state index is 14.0. The van der Waals surface area contributed by atoms with Crippen LogP contribution in [0.25, 0.3) is 0 Å². The fourth-order valence-corrected chi connectivity index (χ4v) is 3.07. The molecule has 1 aromatic rings. The molecule has 0 unspecified atom stereocenters. The van der Waals surface area contributed by atoms with Crippen molar-refractivity contribution in [3.8, 4) is 11.5 Å². The largest absolute Gasteiger partial charge is 0.493 e. The molecule has 0 saturated heterocycles. The van der Waals surface area contributed by atoms with Gasteiger partial charge in [0.1, 0.15) is 10.7 Å². The third-order valence-corrected chi connectivity index (χ3v) is 5.17. The molecule has 0 fully saturated rings. The normalized spacial score (nSPS) is 12.3. The first-order valence-corrected chi connectivity index (χ1v) is 8.41. The highest BCUT2D eigenvalue weighted by molar-refractivity contribution is 7.89. The quantitative estimate of drug-likeness (QED) is 0.754. The van der Waals surface area contributed by atoms with E-state index in [0.29, 0.717) is 12.8 Å². The molecule has 0 aliphatic heterocycles. The molecule has 0 bridgehead atoms. The second-order valence-corrected chi connectivity index (χ2v) is 6.77. The predicted octanol–water partition coefficient (Wildman–Crippen LogP) is 1.64. The van der Waals surface area contributed by atoms with Crippen molar-refractivity contribution in [1.29, 1.82) is 0 Å². The second kappa shape index (κ2) is 7.26. The lowest BCUT2D eigenvalue weighted by atomic mass is 9.95. The average molecular weight is 334 g/mol. The van der Waals surface area contributed by atoms with E-state index >= 15 is 0 Å². The highest BCUT2D eigenvalue weighted by Gasteiger charge is 2.27. The van der Waals surface area contributed by atoms with Crippen LogP contribution in [0, 0.1) is 5.82 Å². The van der Waals surface area contributed by atoms with Gasteiger partial charge in [-0.1, -0.05) is 13.8 Å².